The molecule has 1 rings (SSSR count). The Morgan fingerprint density at radius 3 is 2.06 bits per heavy atom. The monoisotopic (exact) mass is 254 g/mol. The minimum Gasteiger partial charge on any atom is -0.372 e. The van der Waals surface area contributed by atoms with Crippen LogP contribution < -0.4 is 0 Å². The number of hydrogen-bond donors (Lipinski definition) is 0. The lowest BCUT2D eigenvalue weighted by atomic mass is 10.1. The minimum absolute atomic E-state index is 0.0890. The van der Waals surface area contributed by atoms with Crippen molar-refractivity contribution in [3.63, 3.8) is 0 Å². The first kappa shape index (κ1) is 14.0. The Bertz CT molecular complexity index is 341. The molecule has 0 atom stereocenters. The predicted octanol–water partition coefficient (Wildman–Crippen LogP) is 1.61. The summed E-state index contributed by atoms with van der Waals surface area (Å²) in [5.74, 6) is 0. The van der Waals surface area contributed by atoms with Crippen LogP contribution in [0.1, 0.15) is 12.0 Å². The lowest BCUT2D eigenvalue weighted by Gasteiger charge is -2.22. The van der Waals surface area contributed by atoms with E-state index in [1.807, 2.05) is 30.3 Å². The highest BCUT2D eigenvalue weighted by molar-refractivity contribution is 6.92. The van der Waals surface area contributed by atoms with E-state index in [0.29, 0.717) is 12.8 Å². The first-order valence-electron chi connectivity index (χ1n) is 5.41. The Morgan fingerprint density at radius 2 is 1.59 bits per heavy atom. The van der Waals surface area contributed by atoms with Crippen molar-refractivity contribution in [2.75, 3.05) is 21.3 Å². The van der Waals surface area contributed by atoms with Crippen LogP contribution in [0.2, 0.25) is 0 Å². The van der Waals surface area contributed by atoms with E-state index in [0.717, 1.165) is 5.56 Å². The van der Waals surface area contributed by atoms with Gasteiger partial charge in [0.25, 0.3) is 0 Å². The lowest BCUT2D eigenvalue weighted by molar-refractivity contribution is -0.118. The topological polar surface area (TPSA) is 44.8 Å². The number of carbonyl (C=O) groups is 1. The van der Waals surface area contributed by atoms with Crippen LogP contribution in [0.15, 0.2) is 30.3 Å². The predicted molar refractivity (Wildman–Crippen MR) is 66.6 cm³/mol. The summed E-state index contributed by atoms with van der Waals surface area (Å²) in [6, 6.07) is 9.83. The third-order valence-corrected chi connectivity index (χ3v) is 5.18. The van der Waals surface area contributed by atoms with Gasteiger partial charge in [-0.25, -0.2) is 0 Å². The molecular formula is C12H18O4Si. The Labute approximate surface area is 103 Å². The van der Waals surface area contributed by atoms with Crippen molar-refractivity contribution in [3.8, 4) is 0 Å². The zero-order valence-corrected chi connectivity index (χ0v) is 11.4. The van der Waals surface area contributed by atoms with Gasteiger partial charge in [-0.1, -0.05) is 30.3 Å². The average Bonchev–Trinajstić information content (AvgIpc) is 2.40. The number of aryl methyl sites for hydroxylation is 1. The zero-order valence-electron chi connectivity index (χ0n) is 10.4. The molecular weight excluding hydrogens is 236 g/mol. The molecule has 0 saturated heterocycles. The molecule has 0 aromatic heterocycles. The van der Waals surface area contributed by atoms with E-state index < -0.39 is 8.80 Å². The maximum absolute atomic E-state index is 12.0. The summed E-state index contributed by atoms with van der Waals surface area (Å²) in [4.78, 5) is 12.0. The summed E-state index contributed by atoms with van der Waals surface area (Å²) < 4.78 is 15.4. The van der Waals surface area contributed by atoms with Gasteiger partial charge >= 0.3 is 8.80 Å². The van der Waals surface area contributed by atoms with E-state index in [2.05, 4.69) is 0 Å². The molecule has 0 aliphatic carbocycles. The Balaban J connectivity index is 2.60. The first-order valence-corrected chi connectivity index (χ1v) is 7.13. The molecule has 94 valence electrons. The van der Waals surface area contributed by atoms with Gasteiger partial charge in [0.05, 0.1) is 0 Å². The summed E-state index contributed by atoms with van der Waals surface area (Å²) in [5.41, 5.74) is 1.12. The molecule has 0 fully saturated rings. The van der Waals surface area contributed by atoms with Crippen LogP contribution >= 0.6 is 0 Å². The van der Waals surface area contributed by atoms with Gasteiger partial charge in [0.15, 0.2) is 0 Å². The quantitative estimate of drug-likeness (QED) is 0.693. The third-order valence-electron chi connectivity index (χ3n) is 2.63. The van der Waals surface area contributed by atoms with Crippen LogP contribution in [0, 0.1) is 0 Å². The number of hydrogen-bond acceptors (Lipinski definition) is 4. The third kappa shape index (κ3) is 3.47. The van der Waals surface area contributed by atoms with Crippen molar-refractivity contribution in [2.45, 2.75) is 12.8 Å². The molecule has 0 amide bonds. The van der Waals surface area contributed by atoms with E-state index in [1.54, 1.807) is 0 Å². The standard InChI is InChI=1S/C12H18O4Si/c1-14-17(15-2,16-3)12(13)10-9-11-7-5-4-6-8-11/h4-8H,9-10H2,1-3H3. The molecule has 0 heterocycles. The molecule has 1 aromatic carbocycles. The summed E-state index contributed by atoms with van der Waals surface area (Å²) in [6.45, 7) is 0. The molecule has 0 spiro atoms. The van der Waals surface area contributed by atoms with E-state index >= 15 is 0 Å². The van der Waals surface area contributed by atoms with E-state index in [1.165, 1.54) is 21.3 Å². The number of rotatable bonds is 7. The fourth-order valence-electron chi connectivity index (χ4n) is 1.65. The van der Waals surface area contributed by atoms with Gasteiger partial charge in [-0.3, -0.25) is 4.79 Å². The number of carbonyl (C=O) groups excluding carboxylic acids is 1. The SMILES string of the molecule is CO[Si](OC)(OC)C(=O)CCc1ccccc1. The zero-order chi connectivity index (χ0) is 12.7. The average molecular weight is 254 g/mol. The lowest BCUT2D eigenvalue weighted by Crippen LogP contribution is -2.51. The Morgan fingerprint density at radius 1 is 1.06 bits per heavy atom. The highest BCUT2D eigenvalue weighted by Crippen LogP contribution is 2.12. The fourth-order valence-corrected chi connectivity index (χ4v) is 3.26. The van der Waals surface area contributed by atoms with Gasteiger partial charge in [0.2, 0.25) is 5.41 Å². The summed E-state index contributed by atoms with van der Waals surface area (Å²) in [6.07, 6.45) is 1.04. The highest BCUT2D eigenvalue weighted by Gasteiger charge is 2.46. The van der Waals surface area contributed by atoms with Crippen LogP contribution in [-0.2, 0) is 24.5 Å². The van der Waals surface area contributed by atoms with Crippen molar-refractivity contribution in [1.29, 1.82) is 0 Å². The minimum atomic E-state index is -3.11. The van der Waals surface area contributed by atoms with Gasteiger partial charge in [0.1, 0.15) is 0 Å². The summed E-state index contributed by atoms with van der Waals surface area (Å²) >= 11 is 0. The molecule has 0 aliphatic heterocycles. The molecule has 0 radical (unpaired) electrons. The maximum atomic E-state index is 12.0. The molecule has 0 bridgehead atoms. The van der Waals surface area contributed by atoms with Crippen molar-refractivity contribution in [1.82, 2.24) is 0 Å². The molecule has 4 nitrogen and oxygen atoms in total. The van der Waals surface area contributed by atoms with Crippen LogP contribution in [-0.4, -0.2) is 35.5 Å². The second kappa shape index (κ2) is 6.66. The molecule has 0 unspecified atom stereocenters. The van der Waals surface area contributed by atoms with E-state index in [4.69, 9.17) is 13.3 Å². The van der Waals surface area contributed by atoms with Crippen molar-refractivity contribution >= 4 is 14.2 Å². The highest BCUT2D eigenvalue weighted by atomic mass is 28.4. The summed E-state index contributed by atoms with van der Waals surface area (Å²) in [5, 5.41) is -0.0890. The first-order chi connectivity index (χ1) is 8.18. The Hall–Kier alpha value is -1.01. The molecule has 0 N–H and O–H groups in total. The van der Waals surface area contributed by atoms with Crippen molar-refractivity contribution in [2.24, 2.45) is 0 Å². The maximum Gasteiger partial charge on any atom is 0.573 e. The van der Waals surface area contributed by atoms with Crippen LogP contribution in [0.4, 0.5) is 0 Å². The summed E-state index contributed by atoms with van der Waals surface area (Å²) in [7, 11) is 1.22. The fraction of sp³-hybridized carbons (Fsp3) is 0.417. The smallest absolute Gasteiger partial charge is 0.372 e. The Kier molecular flexibility index (Phi) is 5.50. The van der Waals surface area contributed by atoms with E-state index in [9.17, 15) is 4.79 Å². The van der Waals surface area contributed by atoms with Gasteiger partial charge in [-0.15, -0.1) is 0 Å². The van der Waals surface area contributed by atoms with Crippen LogP contribution in [0.3, 0.4) is 0 Å². The molecule has 0 saturated carbocycles. The van der Waals surface area contributed by atoms with Crippen molar-refractivity contribution < 1.29 is 18.1 Å². The van der Waals surface area contributed by atoms with Gasteiger partial charge in [-0.2, -0.15) is 0 Å². The second-order valence-corrected chi connectivity index (χ2v) is 6.47. The van der Waals surface area contributed by atoms with E-state index in [-0.39, 0.29) is 5.41 Å². The van der Waals surface area contributed by atoms with Gasteiger partial charge in [0, 0.05) is 27.8 Å². The molecule has 0 aliphatic rings. The number of benzene rings is 1. The molecule has 17 heavy (non-hydrogen) atoms. The second-order valence-electron chi connectivity index (χ2n) is 3.58. The largest absolute Gasteiger partial charge is 0.573 e. The normalized spacial score (nSPS) is 11.5. The van der Waals surface area contributed by atoms with Gasteiger partial charge < -0.3 is 13.3 Å². The molecule has 1 aromatic rings. The van der Waals surface area contributed by atoms with Crippen molar-refractivity contribution in [3.05, 3.63) is 35.9 Å². The molecule has 5 heteroatoms. The van der Waals surface area contributed by atoms with Crippen LogP contribution in [0.5, 0.6) is 0 Å². The van der Waals surface area contributed by atoms with Gasteiger partial charge in [-0.05, 0) is 12.0 Å². The van der Waals surface area contributed by atoms with Crippen LogP contribution in [0.25, 0.3) is 0 Å².